The smallest absolute Gasteiger partial charge is 0.339 e. The molecule has 0 aromatic heterocycles. The monoisotopic (exact) mass is 413 g/mol. The molecule has 0 spiro atoms. The molecule has 29 heavy (non-hydrogen) atoms. The minimum absolute atomic E-state index is 0.101. The number of nitrogens with zero attached hydrogens (tertiary/aromatic N) is 1. The van der Waals surface area contributed by atoms with Gasteiger partial charge in [0.1, 0.15) is 11.6 Å². The SMILES string of the molecule is COC(=O)c1ccc(C(=O)OC)c(N/C=C(/C#N)C(=O)Nc2cccc(Cl)c2)c1. The quantitative estimate of drug-likeness (QED) is 0.423. The van der Waals surface area contributed by atoms with Gasteiger partial charge in [-0.15, -0.1) is 0 Å². The number of rotatable bonds is 6. The summed E-state index contributed by atoms with van der Waals surface area (Å²) in [5, 5.41) is 15.0. The molecule has 0 unspecified atom stereocenters. The number of esters is 2. The topological polar surface area (TPSA) is 118 Å². The van der Waals surface area contributed by atoms with Gasteiger partial charge in [0.05, 0.1) is 31.0 Å². The third-order valence-corrected chi connectivity index (χ3v) is 3.90. The zero-order chi connectivity index (χ0) is 21.4. The van der Waals surface area contributed by atoms with Crippen molar-refractivity contribution in [3.8, 4) is 6.07 Å². The number of halogens is 1. The van der Waals surface area contributed by atoms with E-state index in [-0.39, 0.29) is 22.4 Å². The van der Waals surface area contributed by atoms with Gasteiger partial charge in [0.2, 0.25) is 0 Å². The molecule has 8 nitrogen and oxygen atoms in total. The second kappa shape index (κ2) is 9.92. The normalized spacial score (nSPS) is 10.5. The maximum absolute atomic E-state index is 12.3. The van der Waals surface area contributed by atoms with Crippen molar-refractivity contribution < 1.29 is 23.9 Å². The van der Waals surface area contributed by atoms with Crippen LogP contribution in [0, 0.1) is 11.3 Å². The summed E-state index contributed by atoms with van der Waals surface area (Å²) in [6, 6.07) is 12.3. The molecular formula is C20H16ClN3O5. The fourth-order valence-corrected chi connectivity index (χ4v) is 2.45. The summed E-state index contributed by atoms with van der Waals surface area (Å²) in [7, 11) is 2.42. The highest BCUT2D eigenvalue weighted by Crippen LogP contribution is 2.21. The maximum Gasteiger partial charge on any atom is 0.339 e. The number of carbonyl (C=O) groups is 3. The van der Waals surface area contributed by atoms with Gasteiger partial charge >= 0.3 is 11.9 Å². The minimum atomic E-state index is -0.689. The third kappa shape index (κ3) is 5.57. The van der Waals surface area contributed by atoms with Gasteiger partial charge in [-0.2, -0.15) is 5.26 Å². The lowest BCUT2D eigenvalue weighted by Crippen LogP contribution is -2.15. The highest BCUT2D eigenvalue weighted by Gasteiger charge is 2.16. The van der Waals surface area contributed by atoms with Crippen LogP contribution < -0.4 is 10.6 Å². The number of benzene rings is 2. The second-order valence-corrected chi connectivity index (χ2v) is 5.96. The number of nitrogens with one attached hydrogen (secondary N) is 2. The first-order chi connectivity index (χ1) is 13.9. The number of ether oxygens (including phenoxy) is 2. The lowest BCUT2D eigenvalue weighted by atomic mass is 10.1. The van der Waals surface area contributed by atoms with Crippen LogP contribution in [0.25, 0.3) is 0 Å². The van der Waals surface area contributed by atoms with Crippen molar-refractivity contribution in [1.82, 2.24) is 0 Å². The lowest BCUT2D eigenvalue weighted by Gasteiger charge is -2.10. The summed E-state index contributed by atoms with van der Waals surface area (Å²) < 4.78 is 9.36. The number of methoxy groups -OCH3 is 2. The number of anilines is 2. The number of nitriles is 1. The van der Waals surface area contributed by atoms with Crippen molar-refractivity contribution in [1.29, 1.82) is 5.26 Å². The van der Waals surface area contributed by atoms with E-state index in [1.165, 1.54) is 38.5 Å². The van der Waals surface area contributed by atoms with Crippen LogP contribution in [-0.2, 0) is 14.3 Å². The van der Waals surface area contributed by atoms with Crippen molar-refractivity contribution in [2.45, 2.75) is 0 Å². The highest BCUT2D eigenvalue weighted by atomic mass is 35.5. The Morgan fingerprint density at radius 3 is 2.41 bits per heavy atom. The van der Waals surface area contributed by atoms with Crippen molar-refractivity contribution >= 4 is 40.8 Å². The fourth-order valence-electron chi connectivity index (χ4n) is 2.26. The van der Waals surface area contributed by atoms with Crippen molar-refractivity contribution in [3.63, 3.8) is 0 Å². The molecule has 1 amide bonds. The van der Waals surface area contributed by atoms with Gasteiger partial charge in [0.25, 0.3) is 5.91 Å². The first-order valence-corrected chi connectivity index (χ1v) is 8.51. The molecule has 0 radical (unpaired) electrons. The van der Waals surface area contributed by atoms with E-state index in [0.29, 0.717) is 10.7 Å². The fraction of sp³-hybridized carbons (Fsp3) is 0.100. The van der Waals surface area contributed by atoms with Gasteiger partial charge in [0.15, 0.2) is 0 Å². The average molecular weight is 414 g/mol. The first kappa shape index (κ1) is 21.5. The van der Waals surface area contributed by atoms with Crippen LogP contribution in [0.1, 0.15) is 20.7 Å². The van der Waals surface area contributed by atoms with Gasteiger partial charge in [-0.1, -0.05) is 17.7 Å². The molecule has 0 fully saturated rings. The summed E-state index contributed by atoms with van der Waals surface area (Å²) in [6.45, 7) is 0. The van der Waals surface area contributed by atoms with Crippen LogP contribution in [0.2, 0.25) is 5.02 Å². The molecule has 2 aromatic carbocycles. The van der Waals surface area contributed by atoms with Gasteiger partial charge < -0.3 is 20.1 Å². The maximum atomic E-state index is 12.3. The van der Waals surface area contributed by atoms with E-state index in [1.54, 1.807) is 24.3 Å². The van der Waals surface area contributed by atoms with Crippen molar-refractivity contribution in [3.05, 3.63) is 70.4 Å². The van der Waals surface area contributed by atoms with Gasteiger partial charge in [-0.05, 0) is 36.4 Å². The number of amides is 1. The molecule has 0 aliphatic heterocycles. The van der Waals surface area contributed by atoms with Crippen LogP contribution in [-0.4, -0.2) is 32.1 Å². The van der Waals surface area contributed by atoms with Gasteiger partial charge in [0, 0.05) is 16.9 Å². The Kier molecular flexibility index (Phi) is 7.34. The van der Waals surface area contributed by atoms with Gasteiger partial charge in [-0.3, -0.25) is 4.79 Å². The zero-order valence-corrected chi connectivity index (χ0v) is 16.2. The van der Waals surface area contributed by atoms with E-state index in [1.807, 2.05) is 0 Å². The Morgan fingerprint density at radius 1 is 1.07 bits per heavy atom. The molecule has 2 N–H and O–H groups in total. The number of carbonyl (C=O) groups excluding carboxylic acids is 3. The van der Waals surface area contributed by atoms with Crippen molar-refractivity contribution in [2.75, 3.05) is 24.9 Å². The summed E-state index contributed by atoms with van der Waals surface area (Å²) in [5.41, 5.74) is 0.556. The van der Waals surface area contributed by atoms with Crippen LogP contribution in [0.15, 0.2) is 54.2 Å². The molecule has 0 saturated carbocycles. The van der Waals surface area contributed by atoms with Crippen LogP contribution >= 0.6 is 11.6 Å². The summed E-state index contributed by atoms with van der Waals surface area (Å²) in [5.74, 6) is -1.97. The second-order valence-electron chi connectivity index (χ2n) is 5.52. The molecule has 0 saturated heterocycles. The molecule has 0 atom stereocenters. The number of hydrogen-bond donors (Lipinski definition) is 2. The molecule has 148 valence electrons. The average Bonchev–Trinajstić information content (AvgIpc) is 2.72. The van der Waals surface area contributed by atoms with Crippen molar-refractivity contribution in [2.24, 2.45) is 0 Å². The molecule has 9 heteroatoms. The minimum Gasteiger partial charge on any atom is -0.465 e. The Hall–Kier alpha value is -3.83. The van der Waals surface area contributed by atoms with E-state index < -0.39 is 17.8 Å². The Balaban J connectivity index is 2.30. The summed E-state index contributed by atoms with van der Waals surface area (Å²) in [6.07, 6.45) is 1.11. The van der Waals surface area contributed by atoms with Crippen LogP contribution in [0.3, 0.4) is 0 Å². The Morgan fingerprint density at radius 2 is 1.79 bits per heavy atom. The lowest BCUT2D eigenvalue weighted by molar-refractivity contribution is -0.112. The Bertz CT molecular complexity index is 1030. The standard InChI is InChI=1S/C20H16ClN3O5/c1-28-19(26)12-6-7-16(20(27)29-2)17(8-12)23-11-13(10-22)18(25)24-15-5-3-4-14(21)9-15/h3-9,11,23H,1-2H3,(H,24,25)/b13-11-. The zero-order valence-electron chi connectivity index (χ0n) is 15.5. The van der Waals surface area contributed by atoms with E-state index in [2.05, 4.69) is 15.4 Å². The van der Waals surface area contributed by atoms with E-state index >= 15 is 0 Å². The van der Waals surface area contributed by atoms with Gasteiger partial charge in [-0.25, -0.2) is 9.59 Å². The predicted molar refractivity (Wildman–Crippen MR) is 107 cm³/mol. The molecule has 0 aliphatic carbocycles. The molecule has 2 rings (SSSR count). The first-order valence-electron chi connectivity index (χ1n) is 8.14. The van der Waals surface area contributed by atoms with E-state index in [0.717, 1.165) is 6.20 Å². The molecule has 0 heterocycles. The molecule has 0 aliphatic rings. The van der Waals surface area contributed by atoms with E-state index in [4.69, 9.17) is 16.3 Å². The highest BCUT2D eigenvalue weighted by molar-refractivity contribution is 6.31. The Labute approximate surface area is 171 Å². The number of hydrogen-bond acceptors (Lipinski definition) is 7. The third-order valence-electron chi connectivity index (χ3n) is 3.67. The van der Waals surface area contributed by atoms with Crippen LogP contribution in [0.5, 0.6) is 0 Å². The predicted octanol–water partition coefficient (Wildman–Crippen LogP) is 3.37. The molecule has 0 bridgehead atoms. The van der Waals surface area contributed by atoms with Crippen LogP contribution in [0.4, 0.5) is 11.4 Å². The molecule has 2 aromatic rings. The molecular weight excluding hydrogens is 398 g/mol. The summed E-state index contributed by atoms with van der Waals surface area (Å²) >= 11 is 5.87. The largest absolute Gasteiger partial charge is 0.465 e. The summed E-state index contributed by atoms with van der Waals surface area (Å²) in [4.78, 5) is 36.0. The van der Waals surface area contributed by atoms with E-state index in [9.17, 15) is 19.6 Å².